The van der Waals surface area contributed by atoms with Crippen LogP contribution in [0, 0.1) is 0 Å². The number of hydrogen-bond donors (Lipinski definition) is 3. The van der Waals surface area contributed by atoms with Crippen molar-refractivity contribution in [2.75, 3.05) is 5.32 Å². The fourth-order valence-corrected chi connectivity index (χ4v) is 3.34. The number of fused-ring (bicyclic) bond motifs is 1. The molecule has 0 spiro atoms. The lowest BCUT2D eigenvalue weighted by Crippen LogP contribution is -2.13. The standard InChI is InChI=1S/C20H20N4O/c21-20(25)11-13-6-8-14(9-7-13)23-18-12-19(17-5-2-10-22-17)24-16-4-1-3-15(16)18/h2,5-10,12,22H,1,3-4,11H2,(H2,21,25)(H,23,24). The number of nitrogens with two attached hydrogens (primary N) is 1. The van der Waals surface area contributed by atoms with E-state index in [9.17, 15) is 4.79 Å². The molecule has 5 heteroatoms. The van der Waals surface area contributed by atoms with E-state index >= 15 is 0 Å². The summed E-state index contributed by atoms with van der Waals surface area (Å²) in [5.41, 5.74) is 12.7. The van der Waals surface area contributed by atoms with Crippen molar-refractivity contribution in [2.45, 2.75) is 25.7 Å². The highest BCUT2D eigenvalue weighted by molar-refractivity contribution is 5.77. The predicted molar refractivity (Wildman–Crippen MR) is 98.7 cm³/mol. The topological polar surface area (TPSA) is 83.8 Å². The van der Waals surface area contributed by atoms with Crippen LogP contribution in [-0.2, 0) is 24.1 Å². The van der Waals surface area contributed by atoms with Crippen LogP contribution in [0.25, 0.3) is 11.4 Å². The van der Waals surface area contributed by atoms with Gasteiger partial charge in [-0.15, -0.1) is 0 Å². The van der Waals surface area contributed by atoms with E-state index in [-0.39, 0.29) is 12.3 Å². The van der Waals surface area contributed by atoms with Crippen molar-refractivity contribution in [2.24, 2.45) is 5.73 Å². The third kappa shape index (κ3) is 3.26. The Kier molecular flexibility index (Phi) is 3.98. The second-order valence-corrected chi connectivity index (χ2v) is 6.38. The maximum Gasteiger partial charge on any atom is 0.221 e. The molecule has 1 aliphatic rings. The van der Waals surface area contributed by atoms with Crippen LogP contribution < -0.4 is 11.1 Å². The fourth-order valence-electron chi connectivity index (χ4n) is 3.34. The van der Waals surface area contributed by atoms with Gasteiger partial charge in [-0.1, -0.05) is 12.1 Å². The molecule has 25 heavy (non-hydrogen) atoms. The smallest absolute Gasteiger partial charge is 0.221 e. The van der Waals surface area contributed by atoms with Gasteiger partial charge in [0, 0.05) is 23.3 Å². The van der Waals surface area contributed by atoms with Crippen molar-refractivity contribution < 1.29 is 4.79 Å². The number of benzene rings is 1. The first-order valence-electron chi connectivity index (χ1n) is 8.50. The average Bonchev–Trinajstić information content (AvgIpc) is 3.27. The zero-order chi connectivity index (χ0) is 17.2. The van der Waals surface area contributed by atoms with E-state index in [1.165, 1.54) is 11.3 Å². The molecule has 4 rings (SSSR count). The van der Waals surface area contributed by atoms with Crippen molar-refractivity contribution in [3.63, 3.8) is 0 Å². The molecule has 126 valence electrons. The Labute approximate surface area is 146 Å². The number of anilines is 2. The molecule has 3 aromatic rings. The summed E-state index contributed by atoms with van der Waals surface area (Å²) in [6.07, 6.45) is 5.39. The number of aromatic amines is 1. The first kappa shape index (κ1) is 15.4. The number of H-pyrrole nitrogens is 1. The first-order chi connectivity index (χ1) is 12.2. The van der Waals surface area contributed by atoms with Crippen molar-refractivity contribution in [3.05, 3.63) is 65.5 Å². The summed E-state index contributed by atoms with van der Waals surface area (Å²) in [5, 5.41) is 3.52. The molecular formula is C20H20N4O. The first-order valence-corrected chi connectivity index (χ1v) is 8.50. The molecule has 2 heterocycles. The van der Waals surface area contributed by atoms with Crippen LogP contribution >= 0.6 is 0 Å². The molecule has 4 N–H and O–H groups in total. The van der Waals surface area contributed by atoms with Crippen molar-refractivity contribution >= 4 is 17.3 Å². The number of aryl methyl sites for hydroxylation is 1. The number of rotatable bonds is 5. The summed E-state index contributed by atoms with van der Waals surface area (Å²) in [4.78, 5) is 19.1. The van der Waals surface area contributed by atoms with Gasteiger partial charge in [0.25, 0.3) is 0 Å². The minimum Gasteiger partial charge on any atom is -0.369 e. The molecular weight excluding hydrogens is 312 g/mol. The lowest BCUT2D eigenvalue weighted by atomic mass is 10.1. The van der Waals surface area contributed by atoms with Gasteiger partial charge in [0.1, 0.15) is 0 Å². The Morgan fingerprint density at radius 3 is 2.76 bits per heavy atom. The van der Waals surface area contributed by atoms with Crippen LogP contribution in [0.4, 0.5) is 11.4 Å². The van der Waals surface area contributed by atoms with Gasteiger partial charge < -0.3 is 16.0 Å². The maximum atomic E-state index is 11.0. The third-order valence-electron chi connectivity index (χ3n) is 4.54. The van der Waals surface area contributed by atoms with E-state index in [2.05, 4.69) is 16.4 Å². The molecule has 0 unspecified atom stereocenters. The largest absolute Gasteiger partial charge is 0.369 e. The van der Waals surface area contributed by atoms with Gasteiger partial charge in [0.15, 0.2) is 0 Å². The van der Waals surface area contributed by atoms with Gasteiger partial charge >= 0.3 is 0 Å². The molecule has 2 aromatic heterocycles. The Hall–Kier alpha value is -3.08. The summed E-state index contributed by atoms with van der Waals surface area (Å²) in [5.74, 6) is -0.316. The molecule has 0 atom stereocenters. The van der Waals surface area contributed by atoms with Gasteiger partial charge in [-0.2, -0.15) is 0 Å². The minimum absolute atomic E-state index is 0.266. The molecule has 1 aliphatic carbocycles. The highest BCUT2D eigenvalue weighted by Gasteiger charge is 2.19. The molecule has 0 radical (unpaired) electrons. The van der Waals surface area contributed by atoms with E-state index < -0.39 is 0 Å². The Morgan fingerprint density at radius 1 is 1.20 bits per heavy atom. The number of hydrogen-bond acceptors (Lipinski definition) is 3. The fraction of sp³-hybridized carbons (Fsp3) is 0.200. The number of aromatic nitrogens is 2. The average molecular weight is 332 g/mol. The van der Waals surface area contributed by atoms with Crippen LogP contribution in [-0.4, -0.2) is 15.9 Å². The molecule has 0 saturated carbocycles. The second-order valence-electron chi connectivity index (χ2n) is 6.38. The number of carbonyl (C=O) groups is 1. The highest BCUT2D eigenvalue weighted by Crippen LogP contribution is 2.33. The zero-order valence-electron chi connectivity index (χ0n) is 13.9. The number of nitrogens with one attached hydrogen (secondary N) is 2. The zero-order valence-corrected chi connectivity index (χ0v) is 13.9. The molecule has 1 aromatic carbocycles. The van der Waals surface area contributed by atoms with Crippen molar-refractivity contribution in [1.82, 2.24) is 9.97 Å². The van der Waals surface area contributed by atoms with Gasteiger partial charge in [-0.3, -0.25) is 9.78 Å². The summed E-state index contributed by atoms with van der Waals surface area (Å²) in [7, 11) is 0. The molecule has 5 nitrogen and oxygen atoms in total. The normalized spacial score (nSPS) is 12.8. The van der Waals surface area contributed by atoms with Gasteiger partial charge in [-0.25, -0.2) is 0 Å². The van der Waals surface area contributed by atoms with Gasteiger partial charge in [0.2, 0.25) is 5.91 Å². The number of primary amides is 1. The number of amides is 1. The summed E-state index contributed by atoms with van der Waals surface area (Å²) >= 11 is 0. The second kappa shape index (κ2) is 6.43. The molecule has 1 amide bonds. The Balaban J connectivity index is 1.64. The van der Waals surface area contributed by atoms with E-state index in [0.29, 0.717) is 0 Å². The molecule has 0 aliphatic heterocycles. The number of pyridine rings is 1. The van der Waals surface area contributed by atoms with E-state index in [1.54, 1.807) is 0 Å². The SMILES string of the molecule is NC(=O)Cc1ccc(Nc2cc(-c3ccc[nH]3)nc3c2CCC3)cc1. The molecule has 0 saturated heterocycles. The van der Waals surface area contributed by atoms with Crippen LogP contribution in [0.3, 0.4) is 0 Å². The Morgan fingerprint density at radius 2 is 2.04 bits per heavy atom. The van der Waals surface area contributed by atoms with Crippen LogP contribution in [0.1, 0.15) is 23.2 Å². The van der Waals surface area contributed by atoms with Crippen LogP contribution in [0.15, 0.2) is 48.7 Å². The highest BCUT2D eigenvalue weighted by atomic mass is 16.1. The lowest BCUT2D eigenvalue weighted by Gasteiger charge is -2.13. The summed E-state index contributed by atoms with van der Waals surface area (Å²) in [6.45, 7) is 0. The minimum atomic E-state index is -0.316. The Bertz CT molecular complexity index is 898. The van der Waals surface area contributed by atoms with E-state index in [0.717, 1.165) is 47.6 Å². The van der Waals surface area contributed by atoms with Gasteiger partial charge in [0.05, 0.1) is 17.8 Å². The van der Waals surface area contributed by atoms with Crippen LogP contribution in [0.5, 0.6) is 0 Å². The van der Waals surface area contributed by atoms with E-state index in [4.69, 9.17) is 10.7 Å². The van der Waals surface area contributed by atoms with Crippen molar-refractivity contribution in [3.8, 4) is 11.4 Å². The van der Waals surface area contributed by atoms with Crippen LogP contribution in [0.2, 0.25) is 0 Å². The predicted octanol–water partition coefficient (Wildman–Crippen LogP) is 3.34. The third-order valence-corrected chi connectivity index (χ3v) is 4.54. The van der Waals surface area contributed by atoms with Gasteiger partial charge in [-0.05, 0) is 60.7 Å². The number of carbonyl (C=O) groups excluding carboxylic acids is 1. The quantitative estimate of drug-likeness (QED) is 0.670. The number of nitrogens with zero attached hydrogens (tertiary/aromatic N) is 1. The van der Waals surface area contributed by atoms with E-state index in [1.807, 2.05) is 42.6 Å². The monoisotopic (exact) mass is 332 g/mol. The van der Waals surface area contributed by atoms with Crippen molar-refractivity contribution in [1.29, 1.82) is 0 Å². The lowest BCUT2D eigenvalue weighted by molar-refractivity contribution is -0.117. The molecule has 0 fully saturated rings. The summed E-state index contributed by atoms with van der Waals surface area (Å²) in [6, 6.07) is 13.9. The summed E-state index contributed by atoms with van der Waals surface area (Å²) < 4.78 is 0. The maximum absolute atomic E-state index is 11.0. The molecule has 0 bridgehead atoms.